The molecule has 0 bridgehead atoms. The second kappa shape index (κ2) is 7.38. The number of esters is 2. The number of benzene rings is 1. The van der Waals surface area contributed by atoms with Gasteiger partial charge in [-0.15, -0.1) is 0 Å². The molecular formula is C16H19NO4. The summed E-state index contributed by atoms with van der Waals surface area (Å²) in [4.78, 5) is 23.0. The zero-order valence-electron chi connectivity index (χ0n) is 12.4. The molecule has 0 aliphatic heterocycles. The van der Waals surface area contributed by atoms with Gasteiger partial charge in [0.05, 0.1) is 0 Å². The van der Waals surface area contributed by atoms with Crippen molar-refractivity contribution in [1.29, 1.82) is 5.41 Å². The molecule has 0 aliphatic rings. The summed E-state index contributed by atoms with van der Waals surface area (Å²) in [5.41, 5.74) is -0.592. The van der Waals surface area contributed by atoms with Gasteiger partial charge < -0.3 is 9.47 Å². The van der Waals surface area contributed by atoms with Gasteiger partial charge in [0, 0.05) is 0 Å². The number of carbonyl (C=O) groups excluding carboxylic acids is 2. The monoisotopic (exact) mass is 289 g/mol. The van der Waals surface area contributed by atoms with Crippen LogP contribution in [0.25, 0.3) is 6.08 Å². The average molecular weight is 289 g/mol. The van der Waals surface area contributed by atoms with Crippen LogP contribution in [-0.4, -0.2) is 29.9 Å². The summed E-state index contributed by atoms with van der Waals surface area (Å²) >= 11 is 0. The molecule has 1 rings (SSSR count). The van der Waals surface area contributed by atoms with E-state index >= 15 is 0 Å². The number of carbonyl (C=O) groups is 2. The van der Waals surface area contributed by atoms with Crippen LogP contribution in [0.3, 0.4) is 0 Å². The predicted molar refractivity (Wildman–Crippen MR) is 80.0 cm³/mol. The van der Waals surface area contributed by atoms with Crippen molar-refractivity contribution in [2.75, 3.05) is 6.61 Å². The van der Waals surface area contributed by atoms with Crippen molar-refractivity contribution < 1.29 is 19.1 Å². The fraction of sp³-hybridized carbons (Fsp3) is 0.312. The van der Waals surface area contributed by atoms with E-state index in [1.165, 1.54) is 0 Å². The van der Waals surface area contributed by atoms with Crippen LogP contribution >= 0.6 is 0 Å². The van der Waals surface area contributed by atoms with E-state index in [2.05, 4.69) is 0 Å². The lowest BCUT2D eigenvalue weighted by molar-refractivity contribution is -0.148. The molecule has 1 aromatic carbocycles. The number of nitrogens with one attached hydrogen (secondary N) is 1. The first-order valence-corrected chi connectivity index (χ1v) is 6.50. The van der Waals surface area contributed by atoms with E-state index in [0.717, 1.165) is 5.56 Å². The quantitative estimate of drug-likeness (QED) is 0.513. The number of hydrogen-bond donors (Lipinski definition) is 1. The van der Waals surface area contributed by atoms with E-state index < -0.39 is 23.3 Å². The number of ether oxygens (including phenoxy) is 2. The number of hydrogen-bond acceptors (Lipinski definition) is 5. The van der Waals surface area contributed by atoms with E-state index in [0.29, 0.717) is 0 Å². The van der Waals surface area contributed by atoms with Gasteiger partial charge in [0.2, 0.25) is 5.71 Å². The Bertz CT molecular complexity index is 541. The molecule has 0 aromatic heterocycles. The van der Waals surface area contributed by atoms with Crippen molar-refractivity contribution >= 4 is 23.7 Å². The van der Waals surface area contributed by atoms with Gasteiger partial charge in [-0.25, -0.2) is 9.59 Å². The fourth-order valence-corrected chi connectivity index (χ4v) is 1.36. The first kappa shape index (κ1) is 16.6. The van der Waals surface area contributed by atoms with Gasteiger partial charge in [-0.3, -0.25) is 5.41 Å². The molecule has 112 valence electrons. The van der Waals surface area contributed by atoms with Crippen LogP contribution in [0.1, 0.15) is 26.3 Å². The SMILES string of the molecule is CC(C)(C)OC(=O)C(=N)C(=O)OC/C=C\c1ccccc1. The molecule has 0 saturated carbocycles. The lowest BCUT2D eigenvalue weighted by Crippen LogP contribution is -2.33. The Morgan fingerprint density at radius 3 is 2.33 bits per heavy atom. The van der Waals surface area contributed by atoms with E-state index in [9.17, 15) is 9.59 Å². The average Bonchev–Trinajstić information content (AvgIpc) is 2.41. The summed E-state index contributed by atoms with van der Waals surface area (Å²) in [7, 11) is 0. The van der Waals surface area contributed by atoms with Gasteiger partial charge in [0.1, 0.15) is 12.2 Å². The molecule has 0 spiro atoms. The minimum Gasteiger partial charge on any atom is -0.457 e. The maximum atomic E-state index is 11.5. The summed E-state index contributed by atoms with van der Waals surface area (Å²) in [5, 5.41) is 7.41. The third kappa shape index (κ3) is 6.51. The Kier molecular flexibility index (Phi) is 5.84. The molecule has 0 saturated heterocycles. The second-order valence-electron chi connectivity index (χ2n) is 5.29. The Hall–Kier alpha value is -2.43. The zero-order valence-corrected chi connectivity index (χ0v) is 12.4. The second-order valence-corrected chi connectivity index (χ2v) is 5.29. The molecule has 0 fully saturated rings. The van der Waals surface area contributed by atoms with Crippen molar-refractivity contribution in [2.45, 2.75) is 26.4 Å². The van der Waals surface area contributed by atoms with Crippen molar-refractivity contribution in [1.82, 2.24) is 0 Å². The molecular weight excluding hydrogens is 270 g/mol. The van der Waals surface area contributed by atoms with Gasteiger partial charge in [-0.05, 0) is 32.4 Å². The standard InChI is InChI=1S/C16H19NO4/c1-16(2,3)21-15(19)13(17)14(18)20-11-7-10-12-8-5-4-6-9-12/h4-10,17H,11H2,1-3H3/b10-7-,17-13?. The summed E-state index contributed by atoms with van der Waals surface area (Å²) in [5.74, 6) is -1.98. The van der Waals surface area contributed by atoms with Gasteiger partial charge >= 0.3 is 11.9 Å². The summed E-state index contributed by atoms with van der Waals surface area (Å²) in [6.07, 6.45) is 3.42. The van der Waals surface area contributed by atoms with Crippen molar-refractivity contribution in [3.8, 4) is 0 Å². The highest BCUT2D eigenvalue weighted by Gasteiger charge is 2.25. The van der Waals surface area contributed by atoms with Gasteiger partial charge in [0.25, 0.3) is 0 Å². The molecule has 0 aliphatic carbocycles. The van der Waals surface area contributed by atoms with E-state index in [-0.39, 0.29) is 6.61 Å². The maximum Gasteiger partial charge on any atom is 0.364 e. The van der Waals surface area contributed by atoms with Crippen LogP contribution in [0.4, 0.5) is 0 Å². The minimum absolute atomic E-state index is 0.0150. The molecule has 0 heterocycles. The van der Waals surface area contributed by atoms with E-state index in [1.807, 2.05) is 30.3 Å². The highest BCUT2D eigenvalue weighted by atomic mass is 16.6. The van der Waals surface area contributed by atoms with Gasteiger partial charge in [-0.1, -0.05) is 36.4 Å². The zero-order chi connectivity index (χ0) is 15.9. The predicted octanol–water partition coefficient (Wildman–Crippen LogP) is 2.60. The molecule has 1 N–H and O–H groups in total. The molecule has 0 atom stereocenters. The lowest BCUT2D eigenvalue weighted by Gasteiger charge is -2.19. The Balaban J connectivity index is 2.42. The van der Waals surface area contributed by atoms with E-state index in [1.54, 1.807) is 32.9 Å². The topological polar surface area (TPSA) is 76.5 Å². The van der Waals surface area contributed by atoms with Crippen LogP contribution < -0.4 is 0 Å². The van der Waals surface area contributed by atoms with Crippen molar-refractivity contribution in [3.05, 3.63) is 42.0 Å². The molecule has 5 heteroatoms. The van der Waals surface area contributed by atoms with Crippen molar-refractivity contribution in [2.24, 2.45) is 0 Å². The van der Waals surface area contributed by atoms with Crippen LogP contribution in [0.15, 0.2) is 36.4 Å². The smallest absolute Gasteiger partial charge is 0.364 e. The van der Waals surface area contributed by atoms with Crippen LogP contribution in [0, 0.1) is 5.41 Å². The Morgan fingerprint density at radius 2 is 1.76 bits per heavy atom. The third-order valence-electron chi connectivity index (χ3n) is 2.23. The molecule has 1 aromatic rings. The maximum absolute atomic E-state index is 11.5. The first-order valence-electron chi connectivity index (χ1n) is 6.50. The summed E-state index contributed by atoms with van der Waals surface area (Å²) in [6.45, 7) is 4.96. The molecule has 0 amide bonds. The first-order chi connectivity index (χ1) is 9.79. The summed E-state index contributed by atoms with van der Waals surface area (Å²) in [6, 6.07) is 9.50. The van der Waals surface area contributed by atoms with Gasteiger partial charge in [-0.2, -0.15) is 0 Å². The Labute approximate surface area is 124 Å². The normalized spacial score (nSPS) is 11.2. The van der Waals surface area contributed by atoms with E-state index in [4.69, 9.17) is 14.9 Å². The van der Waals surface area contributed by atoms with Crippen LogP contribution in [0.2, 0.25) is 0 Å². The largest absolute Gasteiger partial charge is 0.457 e. The Morgan fingerprint density at radius 1 is 1.14 bits per heavy atom. The van der Waals surface area contributed by atoms with Crippen molar-refractivity contribution in [3.63, 3.8) is 0 Å². The third-order valence-corrected chi connectivity index (χ3v) is 2.23. The molecule has 21 heavy (non-hydrogen) atoms. The lowest BCUT2D eigenvalue weighted by atomic mass is 10.2. The minimum atomic E-state index is -0.998. The number of rotatable bonds is 5. The molecule has 0 unspecified atom stereocenters. The molecule has 0 radical (unpaired) electrons. The van der Waals surface area contributed by atoms with Crippen LogP contribution in [0.5, 0.6) is 0 Å². The summed E-state index contributed by atoms with van der Waals surface area (Å²) < 4.78 is 9.72. The molecule has 5 nitrogen and oxygen atoms in total. The van der Waals surface area contributed by atoms with Crippen LogP contribution in [-0.2, 0) is 19.1 Å². The highest BCUT2D eigenvalue weighted by Crippen LogP contribution is 2.07. The van der Waals surface area contributed by atoms with Gasteiger partial charge in [0.15, 0.2) is 0 Å². The highest BCUT2D eigenvalue weighted by molar-refractivity contribution is 6.61. The fourth-order valence-electron chi connectivity index (χ4n) is 1.36.